The molecule has 3 rings (SSSR count). The Morgan fingerprint density at radius 3 is 2.94 bits per heavy atom. The van der Waals surface area contributed by atoms with Crippen LogP contribution in [-0.2, 0) is 4.79 Å². The van der Waals surface area contributed by atoms with E-state index in [9.17, 15) is 4.79 Å². The minimum atomic E-state index is 0.184. The maximum absolute atomic E-state index is 11.9. The van der Waals surface area contributed by atoms with Crippen LogP contribution in [0.1, 0.15) is 52.4 Å². The normalized spacial score (nSPS) is 31.8. The van der Waals surface area contributed by atoms with Crippen molar-refractivity contribution in [2.24, 2.45) is 5.41 Å². The average molecular weight is 248 g/mol. The van der Waals surface area contributed by atoms with E-state index in [0.717, 1.165) is 19.3 Å². The lowest BCUT2D eigenvalue weighted by molar-refractivity contribution is -0.118. The third kappa shape index (κ3) is 2.12. The second-order valence-corrected chi connectivity index (χ2v) is 7.53. The highest BCUT2D eigenvalue weighted by Crippen LogP contribution is 2.49. The molecular weight excluding hydrogens is 228 g/mol. The van der Waals surface area contributed by atoms with Gasteiger partial charge in [0.05, 0.1) is 5.25 Å². The molecule has 1 fully saturated rings. The average Bonchev–Trinajstić information content (AvgIpc) is 2.26. The van der Waals surface area contributed by atoms with Gasteiger partial charge in [-0.2, -0.15) is 0 Å². The van der Waals surface area contributed by atoms with Gasteiger partial charge in [0, 0.05) is 6.42 Å². The standard InChI is InChI=1S/C15H20OS/c1-15(2)7-6-13-11(9-15)8-10-4-3-5-12(16)14(10)17-13/h8,14H,3-7,9H2,1-2H3. The van der Waals surface area contributed by atoms with E-state index in [2.05, 4.69) is 19.9 Å². The molecule has 0 spiro atoms. The summed E-state index contributed by atoms with van der Waals surface area (Å²) in [5, 5.41) is 0.184. The third-order valence-corrected chi connectivity index (χ3v) is 5.75. The maximum Gasteiger partial charge on any atom is 0.150 e. The summed E-state index contributed by atoms with van der Waals surface area (Å²) in [6.07, 6.45) is 9.01. The summed E-state index contributed by atoms with van der Waals surface area (Å²) >= 11 is 1.87. The highest BCUT2D eigenvalue weighted by Gasteiger charge is 2.35. The van der Waals surface area contributed by atoms with Crippen molar-refractivity contribution in [3.05, 3.63) is 22.1 Å². The molecule has 0 amide bonds. The monoisotopic (exact) mass is 248 g/mol. The van der Waals surface area contributed by atoms with Crippen molar-refractivity contribution >= 4 is 17.5 Å². The van der Waals surface area contributed by atoms with E-state index in [-0.39, 0.29) is 5.25 Å². The fraction of sp³-hybridized carbons (Fsp3) is 0.667. The fourth-order valence-corrected chi connectivity index (χ4v) is 4.55. The van der Waals surface area contributed by atoms with Gasteiger partial charge in [-0.05, 0) is 53.6 Å². The maximum atomic E-state index is 11.9. The van der Waals surface area contributed by atoms with Gasteiger partial charge in [0.25, 0.3) is 0 Å². The summed E-state index contributed by atoms with van der Waals surface area (Å²) in [7, 11) is 0. The van der Waals surface area contributed by atoms with Gasteiger partial charge in [-0.25, -0.2) is 0 Å². The molecule has 0 saturated heterocycles. The van der Waals surface area contributed by atoms with E-state index < -0.39 is 0 Å². The Morgan fingerprint density at radius 1 is 1.29 bits per heavy atom. The van der Waals surface area contributed by atoms with Crippen molar-refractivity contribution < 1.29 is 4.79 Å². The second-order valence-electron chi connectivity index (χ2n) is 6.33. The molecule has 1 unspecified atom stereocenters. The molecule has 0 aromatic heterocycles. The van der Waals surface area contributed by atoms with Gasteiger partial charge in [0.15, 0.2) is 0 Å². The van der Waals surface area contributed by atoms with Gasteiger partial charge in [-0.15, -0.1) is 11.8 Å². The van der Waals surface area contributed by atoms with Gasteiger partial charge < -0.3 is 0 Å². The fourth-order valence-electron chi connectivity index (χ4n) is 3.17. The molecule has 2 aliphatic carbocycles. The van der Waals surface area contributed by atoms with Crippen LogP contribution in [0.2, 0.25) is 0 Å². The number of thioether (sulfide) groups is 1. The summed E-state index contributed by atoms with van der Waals surface area (Å²) in [5.41, 5.74) is 3.39. The lowest BCUT2D eigenvalue weighted by atomic mass is 9.76. The lowest BCUT2D eigenvalue weighted by Crippen LogP contribution is -2.28. The molecule has 0 bridgehead atoms. The van der Waals surface area contributed by atoms with Crippen LogP contribution in [0.3, 0.4) is 0 Å². The second kappa shape index (κ2) is 4.01. The first-order chi connectivity index (χ1) is 8.05. The number of carbonyl (C=O) groups excluding carboxylic acids is 1. The highest BCUT2D eigenvalue weighted by molar-refractivity contribution is 8.04. The zero-order chi connectivity index (χ0) is 12.0. The van der Waals surface area contributed by atoms with Crippen LogP contribution in [-0.4, -0.2) is 11.0 Å². The SMILES string of the molecule is CC1(C)CCC2=C(C=C3CCCC(=O)C3S2)C1. The summed E-state index contributed by atoms with van der Waals surface area (Å²) < 4.78 is 0. The number of fused-ring (bicyclic) bond motifs is 1. The molecule has 3 aliphatic rings. The highest BCUT2D eigenvalue weighted by atomic mass is 32.2. The smallest absolute Gasteiger partial charge is 0.150 e. The Labute approximate surface area is 108 Å². The minimum Gasteiger partial charge on any atom is -0.298 e. The van der Waals surface area contributed by atoms with E-state index >= 15 is 0 Å². The van der Waals surface area contributed by atoms with Crippen LogP contribution in [0.5, 0.6) is 0 Å². The quantitative estimate of drug-likeness (QED) is 0.637. The summed E-state index contributed by atoms with van der Waals surface area (Å²) in [5.74, 6) is 0.462. The Bertz CT molecular complexity index is 428. The first kappa shape index (κ1) is 11.6. The Morgan fingerprint density at radius 2 is 2.12 bits per heavy atom. The van der Waals surface area contributed by atoms with Gasteiger partial charge in [0.2, 0.25) is 0 Å². The number of ketones is 1. The molecule has 2 heteroatoms. The van der Waals surface area contributed by atoms with Gasteiger partial charge in [-0.3, -0.25) is 4.79 Å². The van der Waals surface area contributed by atoms with Gasteiger partial charge in [-0.1, -0.05) is 19.9 Å². The van der Waals surface area contributed by atoms with E-state index in [4.69, 9.17) is 0 Å². The van der Waals surface area contributed by atoms with Crippen LogP contribution in [0.15, 0.2) is 22.1 Å². The summed E-state index contributed by atoms with van der Waals surface area (Å²) in [6, 6.07) is 0. The number of Topliss-reactive ketones (excluding diaryl/α,β-unsaturated/α-hetero) is 1. The molecule has 1 saturated carbocycles. The van der Waals surface area contributed by atoms with Gasteiger partial charge in [0.1, 0.15) is 5.78 Å². The van der Waals surface area contributed by atoms with Crippen molar-refractivity contribution in [2.75, 3.05) is 0 Å². The zero-order valence-corrected chi connectivity index (χ0v) is 11.5. The Hall–Kier alpha value is -0.500. The van der Waals surface area contributed by atoms with E-state index in [1.54, 1.807) is 0 Å². The first-order valence-electron chi connectivity index (χ1n) is 6.67. The van der Waals surface area contributed by atoms with Crippen molar-refractivity contribution in [3.8, 4) is 0 Å². The molecule has 92 valence electrons. The first-order valence-corrected chi connectivity index (χ1v) is 7.55. The molecular formula is C15H20OS. The van der Waals surface area contributed by atoms with E-state index in [0.29, 0.717) is 11.2 Å². The van der Waals surface area contributed by atoms with Crippen LogP contribution in [0.25, 0.3) is 0 Å². The number of hydrogen-bond donors (Lipinski definition) is 0. The molecule has 1 aliphatic heterocycles. The van der Waals surface area contributed by atoms with E-state index in [1.807, 2.05) is 11.8 Å². The van der Waals surface area contributed by atoms with E-state index in [1.165, 1.54) is 35.3 Å². The molecule has 1 heterocycles. The molecule has 0 aromatic carbocycles. The number of allylic oxidation sites excluding steroid dienone is 3. The number of rotatable bonds is 0. The molecule has 1 nitrogen and oxygen atoms in total. The molecule has 1 atom stereocenters. The number of carbonyl (C=O) groups is 1. The predicted molar refractivity (Wildman–Crippen MR) is 73.0 cm³/mol. The number of hydrogen-bond acceptors (Lipinski definition) is 2. The van der Waals surface area contributed by atoms with Gasteiger partial charge >= 0.3 is 0 Å². The summed E-state index contributed by atoms with van der Waals surface area (Å²) in [4.78, 5) is 13.5. The van der Waals surface area contributed by atoms with Crippen LogP contribution >= 0.6 is 11.8 Å². The van der Waals surface area contributed by atoms with Crippen molar-refractivity contribution in [1.29, 1.82) is 0 Å². The minimum absolute atomic E-state index is 0.184. The summed E-state index contributed by atoms with van der Waals surface area (Å²) in [6.45, 7) is 4.72. The molecule has 17 heavy (non-hydrogen) atoms. The van der Waals surface area contributed by atoms with Crippen LogP contribution in [0, 0.1) is 5.41 Å². The third-order valence-electron chi connectivity index (χ3n) is 4.19. The van der Waals surface area contributed by atoms with Crippen LogP contribution < -0.4 is 0 Å². The zero-order valence-electron chi connectivity index (χ0n) is 10.7. The Balaban J connectivity index is 1.91. The van der Waals surface area contributed by atoms with Crippen molar-refractivity contribution in [2.45, 2.75) is 57.6 Å². The van der Waals surface area contributed by atoms with Crippen molar-refractivity contribution in [1.82, 2.24) is 0 Å². The molecule has 0 aromatic rings. The Kier molecular flexibility index (Phi) is 2.73. The topological polar surface area (TPSA) is 17.1 Å². The predicted octanol–water partition coefficient (Wildman–Crippen LogP) is 4.25. The van der Waals surface area contributed by atoms with Crippen LogP contribution in [0.4, 0.5) is 0 Å². The largest absolute Gasteiger partial charge is 0.298 e. The van der Waals surface area contributed by atoms with Crippen molar-refractivity contribution in [3.63, 3.8) is 0 Å². The molecule has 0 N–H and O–H groups in total. The lowest BCUT2D eigenvalue weighted by Gasteiger charge is -2.37. The molecule has 0 radical (unpaired) electrons.